The zero-order valence-corrected chi connectivity index (χ0v) is 14.1. The largest absolute Gasteiger partial charge is 0.472 e. The van der Waals surface area contributed by atoms with Crippen LogP contribution in [0.1, 0.15) is 30.1 Å². The second-order valence-corrected chi connectivity index (χ2v) is 7.10. The first kappa shape index (κ1) is 15.9. The van der Waals surface area contributed by atoms with Crippen molar-refractivity contribution < 1.29 is 23.5 Å². The Hall–Kier alpha value is -2.56. The molecule has 0 amide bonds. The van der Waals surface area contributed by atoms with Gasteiger partial charge in [-0.15, -0.1) is 0 Å². The molecule has 2 heterocycles. The fourth-order valence-electron chi connectivity index (χ4n) is 3.95. The number of fused-ring (bicyclic) bond motifs is 2. The highest BCUT2D eigenvalue weighted by Crippen LogP contribution is 2.52. The average Bonchev–Trinajstić information content (AvgIpc) is 3.07. The lowest BCUT2D eigenvalue weighted by molar-refractivity contribution is -0.137. The second-order valence-electron chi connectivity index (χ2n) is 7.10. The zero-order chi connectivity index (χ0) is 17.7. The van der Waals surface area contributed by atoms with Crippen LogP contribution in [-0.2, 0) is 14.3 Å². The normalized spacial score (nSPS) is 36.1. The van der Waals surface area contributed by atoms with Gasteiger partial charge >= 0.3 is 11.9 Å². The van der Waals surface area contributed by atoms with Crippen molar-refractivity contribution >= 4 is 11.9 Å². The molecule has 1 saturated heterocycles. The maximum atomic E-state index is 12.4. The fourth-order valence-corrected chi connectivity index (χ4v) is 3.95. The number of hydrogen-bond acceptors (Lipinski definition) is 5. The van der Waals surface area contributed by atoms with Gasteiger partial charge < -0.3 is 13.9 Å². The van der Waals surface area contributed by atoms with E-state index in [4.69, 9.17) is 13.9 Å². The molecule has 2 fully saturated rings. The predicted molar refractivity (Wildman–Crippen MR) is 89.5 cm³/mol. The molecule has 25 heavy (non-hydrogen) atoms. The molecule has 1 saturated carbocycles. The number of esters is 2. The van der Waals surface area contributed by atoms with E-state index in [0.29, 0.717) is 29.4 Å². The first-order valence-electron chi connectivity index (χ1n) is 8.44. The molecule has 0 radical (unpaired) electrons. The minimum absolute atomic E-state index is 0.342. The van der Waals surface area contributed by atoms with Gasteiger partial charge in [0, 0.05) is 12.0 Å². The van der Waals surface area contributed by atoms with Gasteiger partial charge in [0.25, 0.3) is 0 Å². The van der Waals surface area contributed by atoms with Crippen LogP contribution in [0.4, 0.5) is 0 Å². The summed E-state index contributed by atoms with van der Waals surface area (Å²) in [5.41, 5.74) is 2.94. The van der Waals surface area contributed by atoms with Crippen LogP contribution in [0, 0.1) is 17.8 Å². The summed E-state index contributed by atoms with van der Waals surface area (Å²) in [5, 5.41) is 0. The third-order valence-electron chi connectivity index (χ3n) is 5.47. The van der Waals surface area contributed by atoms with Crippen molar-refractivity contribution in [1.82, 2.24) is 0 Å². The maximum absolute atomic E-state index is 12.4. The minimum atomic E-state index is -0.540. The van der Waals surface area contributed by atoms with Gasteiger partial charge in [-0.05, 0) is 37.3 Å². The Morgan fingerprint density at radius 3 is 2.84 bits per heavy atom. The van der Waals surface area contributed by atoms with E-state index in [1.165, 1.54) is 18.1 Å². The molecule has 0 aromatic carbocycles. The highest BCUT2D eigenvalue weighted by molar-refractivity contribution is 5.92. The maximum Gasteiger partial charge on any atom is 0.341 e. The summed E-state index contributed by atoms with van der Waals surface area (Å²) < 4.78 is 16.2. The zero-order valence-electron chi connectivity index (χ0n) is 14.1. The summed E-state index contributed by atoms with van der Waals surface area (Å²) in [7, 11) is 0. The van der Waals surface area contributed by atoms with Crippen molar-refractivity contribution in [2.24, 2.45) is 17.8 Å². The van der Waals surface area contributed by atoms with Gasteiger partial charge in [-0.2, -0.15) is 0 Å². The first-order valence-corrected chi connectivity index (χ1v) is 8.44. The van der Waals surface area contributed by atoms with Crippen molar-refractivity contribution in [3.05, 3.63) is 60.1 Å². The van der Waals surface area contributed by atoms with Gasteiger partial charge in [-0.3, -0.25) is 0 Å². The molecule has 5 nitrogen and oxygen atoms in total. The van der Waals surface area contributed by atoms with Crippen molar-refractivity contribution in [3.63, 3.8) is 0 Å². The van der Waals surface area contributed by atoms with E-state index < -0.39 is 30.1 Å². The fraction of sp³-hybridized carbons (Fsp3) is 0.400. The van der Waals surface area contributed by atoms with Crippen LogP contribution in [0.15, 0.2) is 59.0 Å². The third-order valence-corrected chi connectivity index (χ3v) is 5.47. The summed E-state index contributed by atoms with van der Waals surface area (Å²) in [5.74, 6) is -0.447. The lowest BCUT2D eigenvalue weighted by atomic mass is 9.87. The van der Waals surface area contributed by atoms with Gasteiger partial charge in [-0.1, -0.05) is 24.3 Å². The summed E-state index contributed by atoms with van der Waals surface area (Å²) in [4.78, 5) is 24.5. The van der Waals surface area contributed by atoms with Crippen LogP contribution in [-0.4, -0.2) is 24.1 Å². The molecule has 0 spiro atoms. The Balaban J connectivity index is 1.67. The molecular weight excluding hydrogens is 320 g/mol. The molecule has 130 valence electrons. The number of hydrogen-bond donors (Lipinski definition) is 0. The Kier molecular flexibility index (Phi) is 3.67. The summed E-state index contributed by atoms with van der Waals surface area (Å²) >= 11 is 0. The van der Waals surface area contributed by atoms with Crippen LogP contribution < -0.4 is 0 Å². The van der Waals surface area contributed by atoms with E-state index in [1.54, 1.807) is 6.07 Å². The first-order chi connectivity index (χ1) is 12.0. The Morgan fingerprint density at radius 1 is 1.32 bits per heavy atom. The summed E-state index contributed by atoms with van der Waals surface area (Å²) in [6, 6.07) is 1.55. The van der Waals surface area contributed by atoms with Crippen LogP contribution in [0.25, 0.3) is 0 Å². The molecule has 0 bridgehead atoms. The number of furan rings is 1. The molecule has 5 atom stereocenters. The lowest BCUT2D eigenvalue weighted by Crippen LogP contribution is -2.33. The lowest BCUT2D eigenvalue weighted by Gasteiger charge is -2.26. The van der Waals surface area contributed by atoms with Crippen molar-refractivity contribution in [2.45, 2.75) is 32.0 Å². The second kappa shape index (κ2) is 5.76. The van der Waals surface area contributed by atoms with E-state index in [-0.39, 0.29) is 0 Å². The molecular formula is C20H20O5. The van der Waals surface area contributed by atoms with Gasteiger partial charge in [0.1, 0.15) is 18.5 Å². The average molecular weight is 340 g/mol. The number of allylic oxidation sites excluding steroid dienone is 1. The van der Waals surface area contributed by atoms with E-state index in [2.05, 4.69) is 20.1 Å². The molecule has 1 aliphatic heterocycles. The molecule has 3 aliphatic rings. The molecule has 5 heteroatoms. The Labute approximate surface area is 146 Å². The SMILES string of the molecule is C=C1C(=O)O[C@@H]2/C=C(/C)[C@@H]3C[C@@H]3C(=C)C[C@@H](OC(=O)c3ccoc3)[C@@H]12. The topological polar surface area (TPSA) is 65.7 Å². The van der Waals surface area contributed by atoms with Crippen LogP contribution in [0.5, 0.6) is 0 Å². The molecule has 2 aliphatic carbocycles. The minimum Gasteiger partial charge on any atom is -0.472 e. The summed E-state index contributed by atoms with van der Waals surface area (Å²) in [6.07, 6.45) is 5.32. The van der Waals surface area contributed by atoms with Crippen LogP contribution in [0.2, 0.25) is 0 Å². The van der Waals surface area contributed by atoms with Gasteiger partial charge in [-0.25, -0.2) is 9.59 Å². The number of rotatable bonds is 2. The smallest absolute Gasteiger partial charge is 0.341 e. The highest BCUT2D eigenvalue weighted by Gasteiger charge is 2.49. The van der Waals surface area contributed by atoms with Crippen molar-refractivity contribution in [2.75, 3.05) is 0 Å². The van der Waals surface area contributed by atoms with Gasteiger partial charge in [0.05, 0.1) is 17.7 Å². The van der Waals surface area contributed by atoms with E-state index in [1.807, 2.05) is 6.08 Å². The Morgan fingerprint density at radius 2 is 2.12 bits per heavy atom. The van der Waals surface area contributed by atoms with Crippen molar-refractivity contribution in [1.29, 1.82) is 0 Å². The third kappa shape index (κ3) is 2.73. The van der Waals surface area contributed by atoms with E-state index >= 15 is 0 Å². The molecule has 4 rings (SSSR count). The van der Waals surface area contributed by atoms with E-state index in [9.17, 15) is 9.59 Å². The van der Waals surface area contributed by atoms with Gasteiger partial charge in [0.15, 0.2) is 0 Å². The molecule has 1 aromatic heterocycles. The molecule has 0 N–H and O–H groups in total. The van der Waals surface area contributed by atoms with E-state index in [0.717, 1.165) is 12.0 Å². The quantitative estimate of drug-likeness (QED) is 0.469. The number of carbonyl (C=O) groups excluding carboxylic acids is 2. The van der Waals surface area contributed by atoms with Crippen LogP contribution >= 0.6 is 0 Å². The number of carbonyl (C=O) groups is 2. The molecule has 1 aromatic rings. The predicted octanol–water partition coefficient (Wildman–Crippen LogP) is 3.45. The standard InChI is InChI=1S/C20H20O5/c1-10-6-16-18(12(3)19(21)24-16)17(7-11(2)15-8-14(10)15)25-20(22)13-4-5-23-9-13/h4-6,9,14-18H,2-3,7-8H2,1H3/b10-6-/t14-,15+,16+,17+,18-/m0/s1. The van der Waals surface area contributed by atoms with Crippen molar-refractivity contribution in [3.8, 4) is 0 Å². The van der Waals surface area contributed by atoms with Crippen LogP contribution in [0.3, 0.4) is 0 Å². The number of ether oxygens (including phenoxy) is 2. The Bertz CT molecular complexity index is 785. The molecule has 0 unspecified atom stereocenters. The van der Waals surface area contributed by atoms with Gasteiger partial charge in [0.2, 0.25) is 0 Å². The highest BCUT2D eigenvalue weighted by atomic mass is 16.6. The summed E-state index contributed by atoms with van der Waals surface area (Å²) in [6.45, 7) is 10.1. The monoisotopic (exact) mass is 340 g/mol.